The number of nitro groups is 1. The Morgan fingerprint density at radius 2 is 1.73 bits per heavy atom. The average molecular weight is 300 g/mol. The molecule has 0 aliphatic carbocycles. The van der Waals surface area contributed by atoms with E-state index in [-0.39, 0.29) is 17.3 Å². The third-order valence-corrected chi connectivity index (χ3v) is 3.22. The first-order valence-corrected chi connectivity index (χ1v) is 6.78. The summed E-state index contributed by atoms with van der Waals surface area (Å²) >= 11 is 0. The van der Waals surface area contributed by atoms with Crippen molar-refractivity contribution in [3.8, 4) is 5.75 Å². The van der Waals surface area contributed by atoms with Crippen LogP contribution in [-0.2, 0) is 17.6 Å². The normalized spacial score (nSPS) is 10.2. The number of non-ortho nitro benzene ring substituents is 1. The number of aromatic hydroxyl groups is 1. The number of rotatable bonds is 5. The van der Waals surface area contributed by atoms with Gasteiger partial charge in [0.2, 0.25) is 5.91 Å². The molecular formula is C16H16N2O4. The van der Waals surface area contributed by atoms with Gasteiger partial charge in [0.05, 0.1) is 10.6 Å². The number of carbonyl (C=O) groups excluding carboxylic acids is 1. The van der Waals surface area contributed by atoms with Crippen molar-refractivity contribution in [3.05, 3.63) is 63.7 Å². The molecule has 2 aromatic rings. The Bertz CT molecular complexity index is 696. The van der Waals surface area contributed by atoms with Gasteiger partial charge in [-0.1, -0.05) is 18.2 Å². The van der Waals surface area contributed by atoms with E-state index in [1.807, 2.05) is 6.07 Å². The van der Waals surface area contributed by atoms with E-state index in [1.165, 1.54) is 19.1 Å². The molecule has 0 aliphatic rings. The van der Waals surface area contributed by atoms with Gasteiger partial charge in [-0.2, -0.15) is 0 Å². The summed E-state index contributed by atoms with van der Waals surface area (Å²) in [6, 6.07) is 11.5. The van der Waals surface area contributed by atoms with Crippen LogP contribution >= 0.6 is 0 Å². The summed E-state index contributed by atoms with van der Waals surface area (Å²) in [7, 11) is 0. The average Bonchev–Trinajstić information content (AvgIpc) is 2.47. The van der Waals surface area contributed by atoms with Gasteiger partial charge in [0.15, 0.2) is 0 Å². The van der Waals surface area contributed by atoms with E-state index in [4.69, 9.17) is 0 Å². The van der Waals surface area contributed by atoms with Crippen molar-refractivity contribution in [1.82, 2.24) is 0 Å². The number of aryl methyl sites for hydroxylation is 2. The molecule has 2 N–H and O–H groups in total. The molecule has 1 amide bonds. The summed E-state index contributed by atoms with van der Waals surface area (Å²) in [5.41, 5.74) is 2.36. The Hall–Kier alpha value is -2.89. The molecule has 6 heteroatoms. The first-order valence-electron chi connectivity index (χ1n) is 6.78. The van der Waals surface area contributed by atoms with Crippen LogP contribution in [0.5, 0.6) is 5.75 Å². The topological polar surface area (TPSA) is 92.5 Å². The van der Waals surface area contributed by atoms with Crippen molar-refractivity contribution < 1.29 is 14.8 Å². The molecule has 0 heterocycles. The summed E-state index contributed by atoms with van der Waals surface area (Å²) in [5, 5.41) is 23.0. The summed E-state index contributed by atoms with van der Waals surface area (Å²) in [5.74, 6) is -0.217. The summed E-state index contributed by atoms with van der Waals surface area (Å²) in [4.78, 5) is 21.1. The third kappa shape index (κ3) is 4.05. The Labute approximate surface area is 127 Å². The van der Waals surface area contributed by atoms with Crippen LogP contribution in [0.4, 0.5) is 11.4 Å². The number of hydrogen-bond donors (Lipinski definition) is 2. The molecule has 0 aliphatic heterocycles. The molecule has 0 bridgehead atoms. The molecule has 0 atom stereocenters. The second kappa shape index (κ2) is 6.71. The maximum Gasteiger partial charge on any atom is 0.269 e. The number of benzene rings is 2. The monoisotopic (exact) mass is 300 g/mol. The quantitative estimate of drug-likeness (QED) is 0.504. The maximum atomic E-state index is 11.0. The molecule has 0 saturated carbocycles. The Morgan fingerprint density at radius 1 is 1.14 bits per heavy atom. The van der Waals surface area contributed by atoms with Crippen molar-refractivity contribution in [2.24, 2.45) is 0 Å². The van der Waals surface area contributed by atoms with E-state index >= 15 is 0 Å². The number of amides is 1. The minimum Gasteiger partial charge on any atom is -0.506 e. The highest BCUT2D eigenvalue weighted by molar-refractivity contribution is 5.90. The van der Waals surface area contributed by atoms with Crippen molar-refractivity contribution in [1.29, 1.82) is 0 Å². The van der Waals surface area contributed by atoms with Gasteiger partial charge in [0, 0.05) is 19.1 Å². The maximum absolute atomic E-state index is 11.0. The zero-order chi connectivity index (χ0) is 16.1. The van der Waals surface area contributed by atoms with Crippen molar-refractivity contribution in [3.63, 3.8) is 0 Å². The fourth-order valence-electron chi connectivity index (χ4n) is 2.10. The first kappa shape index (κ1) is 15.5. The second-order valence-corrected chi connectivity index (χ2v) is 4.96. The number of hydrogen-bond acceptors (Lipinski definition) is 4. The SMILES string of the molecule is CC(=O)Nc1ccc(CCc2ccc([N+](=O)[O-])cc2)cc1O. The molecule has 114 valence electrons. The van der Waals surface area contributed by atoms with Crippen LogP contribution < -0.4 is 5.32 Å². The summed E-state index contributed by atoms with van der Waals surface area (Å²) in [6.45, 7) is 1.38. The molecular weight excluding hydrogens is 284 g/mol. The second-order valence-electron chi connectivity index (χ2n) is 4.96. The Morgan fingerprint density at radius 3 is 2.27 bits per heavy atom. The largest absolute Gasteiger partial charge is 0.506 e. The molecule has 0 spiro atoms. The lowest BCUT2D eigenvalue weighted by Gasteiger charge is -2.08. The summed E-state index contributed by atoms with van der Waals surface area (Å²) < 4.78 is 0. The predicted molar refractivity (Wildman–Crippen MR) is 82.9 cm³/mol. The highest BCUT2D eigenvalue weighted by atomic mass is 16.6. The summed E-state index contributed by atoms with van der Waals surface area (Å²) in [6.07, 6.45) is 1.39. The van der Waals surface area contributed by atoms with Crippen LogP contribution in [0.25, 0.3) is 0 Å². The molecule has 0 saturated heterocycles. The Balaban J connectivity index is 2.00. The lowest BCUT2D eigenvalue weighted by Crippen LogP contribution is -2.06. The van der Waals surface area contributed by atoms with Gasteiger partial charge in [0.1, 0.15) is 5.75 Å². The lowest BCUT2D eigenvalue weighted by atomic mass is 10.0. The number of carbonyl (C=O) groups is 1. The van der Waals surface area contributed by atoms with Gasteiger partial charge < -0.3 is 10.4 Å². The zero-order valence-electron chi connectivity index (χ0n) is 12.1. The number of nitrogens with zero attached hydrogens (tertiary/aromatic N) is 1. The smallest absolute Gasteiger partial charge is 0.269 e. The fourth-order valence-corrected chi connectivity index (χ4v) is 2.10. The number of phenolic OH excluding ortho intramolecular Hbond substituents is 1. The van der Waals surface area contributed by atoms with Crippen LogP contribution in [0.2, 0.25) is 0 Å². The lowest BCUT2D eigenvalue weighted by molar-refractivity contribution is -0.384. The standard InChI is InChI=1S/C16H16N2O4/c1-11(19)17-15-9-6-13(10-16(15)20)3-2-12-4-7-14(8-5-12)18(21)22/h4-10,20H,2-3H2,1H3,(H,17,19). The van der Waals surface area contributed by atoms with E-state index in [2.05, 4.69) is 5.32 Å². The zero-order valence-corrected chi connectivity index (χ0v) is 12.1. The molecule has 6 nitrogen and oxygen atoms in total. The Kier molecular flexibility index (Phi) is 4.73. The van der Waals surface area contributed by atoms with E-state index in [0.29, 0.717) is 18.5 Å². The molecule has 0 unspecified atom stereocenters. The molecule has 2 rings (SSSR count). The molecule has 22 heavy (non-hydrogen) atoms. The minimum atomic E-state index is -0.428. The molecule has 0 radical (unpaired) electrons. The number of nitro benzene ring substituents is 1. The number of nitrogens with one attached hydrogen (secondary N) is 1. The van der Waals surface area contributed by atoms with Crippen LogP contribution in [0, 0.1) is 10.1 Å². The molecule has 0 fully saturated rings. The van der Waals surface area contributed by atoms with Crippen LogP contribution in [0.1, 0.15) is 18.1 Å². The predicted octanol–water partition coefficient (Wildman–Crippen LogP) is 3.04. The van der Waals surface area contributed by atoms with E-state index in [0.717, 1.165) is 11.1 Å². The number of anilines is 1. The van der Waals surface area contributed by atoms with Crippen LogP contribution in [0.3, 0.4) is 0 Å². The van der Waals surface area contributed by atoms with Crippen molar-refractivity contribution in [2.75, 3.05) is 5.32 Å². The van der Waals surface area contributed by atoms with Gasteiger partial charge in [-0.25, -0.2) is 0 Å². The van der Waals surface area contributed by atoms with Crippen molar-refractivity contribution >= 4 is 17.3 Å². The third-order valence-electron chi connectivity index (χ3n) is 3.22. The van der Waals surface area contributed by atoms with Gasteiger partial charge in [-0.05, 0) is 36.1 Å². The minimum absolute atomic E-state index is 0.0244. The van der Waals surface area contributed by atoms with Crippen LogP contribution in [0.15, 0.2) is 42.5 Å². The number of phenols is 1. The molecule has 2 aromatic carbocycles. The highest BCUT2D eigenvalue weighted by Crippen LogP contribution is 2.25. The van der Waals surface area contributed by atoms with E-state index in [9.17, 15) is 20.0 Å². The van der Waals surface area contributed by atoms with Crippen LogP contribution in [-0.4, -0.2) is 15.9 Å². The van der Waals surface area contributed by atoms with Crippen molar-refractivity contribution in [2.45, 2.75) is 19.8 Å². The van der Waals surface area contributed by atoms with E-state index in [1.54, 1.807) is 24.3 Å². The highest BCUT2D eigenvalue weighted by Gasteiger charge is 2.06. The first-order chi connectivity index (χ1) is 10.5. The van der Waals surface area contributed by atoms with Gasteiger partial charge >= 0.3 is 0 Å². The van der Waals surface area contributed by atoms with Gasteiger partial charge in [0.25, 0.3) is 5.69 Å². The molecule has 0 aromatic heterocycles. The van der Waals surface area contributed by atoms with Gasteiger partial charge in [-0.3, -0.25) is 14.9 Å². The van der Waals surface area contributed by atoms with Gasteiger partial charge in [-0.15, -0.1) is 0 Å². The van der Waals surface area contributed by atoms with E-state index < -0.39 is 4.92 Å². The fraction of sp³-hybridized carbons (Fsp3) is 0.188.